The van der Waals surface area contributed by atoms with Gasteiger partial charge in [0.05, 0.1) is 6.04 Å². The summed E-state index contributed by atoms with van der Waals surface area (Å²) in [7, 11) is 1.85. The van der Waals surface area contributed by atoms with Gasteiger partial charge in [-0.1, -0.05) is 30.3 Å². The van der Waals surface area contributed by atoms with Crippen LogP contribution in [0.25, 0.3) is 0 Å². The number of aryl methyl sites for hydroxylation is 1. The van der Waals surface area contributed by atoms with Gasteiger partial charge in [0.1, 0.15) is 5.60 Å². The number of hydrogen-bond acceptors (Lipinski definition) is 6. The smallest absolute Gasteiger partial charge is 0.410 e. The van der Waals surface area contributed by atoms with E-state index in [-0.39, 0.29) is 12.1 Å². The lowest BCUT2D eigenvalue weighted by molar-refractivity contribution is 0.0115. The van der Waals surface area contributed by atoms with Gasteiger partial charge in [-0.15, -0.1) is 5.10 Å². The van der Waals surface area contributed by atoms with E-state index >= 15 is 0 Å². The summed E-state index contributed by atoms with van der Waals surface area (Å²) in [5.41, 5.74) is 0.654. The van der Waals surface area contributed by atoms with Crippen molar-refractivity contribution in [1.29, 1.82) is 0 Å². The summed E-state index contributed by atoms with van der Waals surface area (Å²) in [6.07, 6.45) is -0.256. The summed E-state index contributed by atoms with van der Waals surface area (Å²) in [5, 5.41) is 12.0. The van der Waals surface area contributed by atoms with Crippen molar-refractivity contribution in [3.05, 3.63) is 41.7 Å². The van der Waals surface area contributed by atoms with E-state index in [1.54, 1.807) is 9.58 Å². The summed E-state index contributed by atoms with van der Waals surface area (Å²) >= 11 is 0. The van der Waals surface area contributed by atoms with E-state index in [0.29, 0.717) is 13.1 Å². The molecule has 0 saturated carbocycles. The number of aromatic nitrogens is 4. The van der Waals surface area contributed by atoms with Crippen LogP contribution in [0.4, 0.5) is 4.79 Å². The highest BCUT2D eigenvalue weighted by atomic mass is 16.6. The molecule has 1 amide bonds. The highest BCUT2D eigenvalue weighted by molar-refractivity contribution is 5.68. The molecule has 1 fully saturated rings. The molecule has 1 aromatic carbocycles. The van der Waals surface area contributed by atoms with E-state index in [4.69, 9.17) is 4.74 Å². The number of ether oxygens (including phenoxy) is 1. The van der Waals surface area contributed by atoms with Crippen LogP contribution in [-0.2, 0) is 11.8 Å². The molecule has 1 aliphatic heterocycles. The number of carbonyl (C=O) groups excluding carboxylic acids is 1. The second-order valence-electron chi connectivity index (χ2n) is 7.48. The van der Waals surface area contributed by atoms with Crippen molar-refractivity contribution < 1.29 is 9.53 Å². The van der Waals surface area contributed by atoms with Crippen LogP contribution in [0.3, 0.4) is 0 Å². The molecule has 8 nitrogen and oxygen atoms in total. The van der Waals surface area contributed by atoms with E-state index < -0.39 is 5.60 Å². The summed E-state index contributed by atoms with van der Waals surface area (Å²) in [6.45, 7) is 8.33. The zero-order valence-corrected chi connectivity index (χ0v) is 15.8. The van der Waals surface area contributed by atoms with Crippen LogP contribution in [0.1, 0.15) is 38.2 Å². The lowest BCUT2D eigenvalue weighted by atomic mass is 10.0. The van der Waals surface area contributed by atoms with Gasteiger partial charge < -0.3 is 9.64 Å². The average Bonchev–Trinajstić information content (AvgIpc) is 3.01. The monoisotopic (exact) mass is 358 g/mol. The molecule has 1 aliphatic rings. The fourth-order valence-corrected chi connectivity index (χ4v) is 3.12. The van der Waals surface area contributed by atoms with Gasteiger partial charge in [0, 0.05) is 33.2 Å². The van der Waals surface area contributed by atoms with Crippen molar-refractivity contribution in [3.63, 3.8) is 0 Å². The molecule has 8 heteroatoms. The fourth-order valence-electron chi connectivity index (χ4n) is 3.12. The number of nitrogens with zero attached hydrogens (tertiary/aromatic N) is 6. The normalized spacial score (nSPS) is 17.2. The molecule has 1 atom stereocenters. The maximum Gasteiger partial charge on any atom is 0.410 e. The molecule has 0 spiro atoms. The van der Waals surface area contributed by atoms with Crippen molar-refractivity contribution in [2.45, 2.75) is 32.4 Å². The number of amides is 1. The van der Waals surface area contributed by atoms with E-state index in [0.717, 1.165) is 24.5 Å². The standard InChI is InChI=1S/C18H26N6O2/c1-18(2,3)26-17(25)24-12-10-23(11-13-24)15(14-8-6-5-7-9-14)16-19-20-21-22(16)4/h5-9,15H,10-13H2,1-4H3. The van der Waals surface area contributed by atoms with Crippen LogP contribution in [0.5, 0.6) is 0 Å². The molecular formula is C18H26N6O2. The zero-order chi connectivity index (χ0) is 18.7. The topological polar surface area (TPSA) is 76.4 Å². The summed E-state index contributed by atoms with van der Waals surface area (Å²) < 4.78 is 7.19. The highest BCUT2D eigenvalue weighted by Crippen LogP contribution is 2.27. The first-order chi connectivity index (χ1) is 12.3. The quantitative estimate of drug-likeness (QED) is 0.833. The van der Waals surface area contributed by atoms with E-state index in [9.17, 15) is 4.79 Å². The molecule has 0 aliphatic carbocycles. The number of tetrazole rings is 1. The Bertz CT molecular complexity index is 732. The van der Waals surface area contributed by atoms with Gasteiger partial charge in [0.2, 0.25) is 0 Å². The van der Waals surface area contributed by atoms with Crippen LogP contribution >= 0.6 is 0 Å². The van der Waals surface area contributed by atoms with Crippen LogP contribution in [0.2, 0.25) is 0 Å². The zero-order valence-electron chi connectivity index (χ0n) is 15.8. The molecule has 26 heavy (non-hydrogen) atoms. The summed E-state index contributed by atoms with van der Waals surface area (Å²) in [6, 6.07) is 10.2. The lowest BCUT2D eigenvalue weighted by Crippen LogP contribution is -2.51. The third kappa shape index (κ3) is 4.19. The minimum absolute atomic E-state index is 0.0445. The van der Waals surface area contributed by atoms with Crippen molar-refractivity contribution in [2.24, 2.45) is 7.05 Å². The Morgan fingerprint density at radius 2 is 1.77 bits per heavy atom. The third-order valence-corrected chi connectivity index (χ3v) is 4.34. The van der Waals surface area contributed by atoms with Gasteiger partial charge in [-0.05, 0) is 36.8 Å². The lowest BCUT2D eigenvalue weighted by Gasteiger charge is -2.39. The maximum atomic E-state index is 12.3. The molecule has 1 unspecified atom stereocenters. The largest absolute Gasteiger partial charge is 0.444 e. The SMILES string of the molecule is Cn1nnnc1C(c1ccccc1)N1CCN(C(=O)OC(C)(C)C)CC1. The van der Waals surface area contributed by atoms with Crippen LogP contribution < -0.4 is 0 Å². The summed E-state index contributed by atoms with van der Waals surface area (Å²) in [5.74, 6) is 0.793. The molecule has 1 aromatic heterocycles. The van der Waals surface area contributed by atoms with Gasteiger partial charge in [-0.2, -0.15) is 0 Å². The average molecular weight is 358 g/mol. The highest BCUT2D eigenvalue weighted by Gasteiger charge is 2.32. The van der Waals surface area contributed by atoms with Crippen molar-refractivity contribution in [3.8, 4) is 0 Å². The third-order valence-electron chi connectivity index (χ3n) is 4.34. The molecule has 1 saturated heterocycles. The Kier molecular flexibility index (Phi) is 5.22. The van der Waals surface area contributed by atoms with E-state index in [1.165, 1.54) is 0 Å². The van der Waals surface area contributed by atoms with Crippen LogP contribution in [0, 0.1) is 0 Å². The molecule has 2 heterocycles. The van der Waals surface area contributed by atoms with Crippen LogP contribution in [0.15, 0.2) is 30.3 Å². The Balaban J connectivity index is 1.74. The minimum Gasteiger partial charge on any atom is -0.444 e. The first-order valence-corrected chi connectivity index (χ1v) is 8.84. The van der Waals surface area contributed by atoms with Gasteiger partial charge in [-0.3, -0.25) is 4.90 Å². The van der Waals surface area contributed by atoms with Gasteiger partial charge >= 0.3 is 6.09 Å². The van der Waals surface area contributed by atoms with E-state index in [2.05, 4.69) is 32.6 Å². The van der Waals surface area contributed by atoms with Gasteiger partial charge in [-0.25, -0.2) is 9.48 Å². The number of rotatable bonds is 3. The van der Waals surface area contributed by atoms with Gasteiger partial charge in [0.15, 0.2) is 5.82 Å². The second kappa shape index (κ2) is 7.41. The molecule has 140 valence electrons. The predicted molar refractivity (Wildman–Crippen MR) is 96.5 cm³/mol. The Morgan fingerprint density at radius 1 is 1.12 bits per heavy atom. The predicted octanol–water partition coefficient (Wildman–Crippen LogP) is 1.85. The van der Waals surface area contributed by atoms with Crippen molar-refractivity contribution in [2.75, 3.05) is 26.2 Å². The first-order valence-electron chi connectivity index (χ1n) is 8.84. The van der Waals surface area contributed by atoms with Gasteiger partial charge in [0.25, 0.3) is 0 Å². The van der Waals surface area contributed by atoms with Crippen LogP contribution in [-0.4, -0.2) is 67.9 Å². The molecule has 0 radical (unpaired) electrons. The van der Waals surface area contributed by atoms with Crippen molar-refractivity contribution >= 4 is 6.09 Å². The summed E-state index contributed by atoms with van der Waals surface area (Å²) in [4.78, 5) is 16.4. The number of carbonyl (C=O) groups is 1. The fraction of sp³-hybridized carbons (Fsp3) is 0.556. The number of piperazine rings is 1. The Hall–Kier alpha value is -2.48. The minimum atomic E-state index is -0.481. The Labute approximate surface area is 153 Å². The first kappa shape index (κ1) is 18.3. The Morgan fingerprint density at radius 3 is 2.31 bits per heavy atom. The second-order valence-corrected chi connectivity index (χ2v) is 7.48. The number of benzene rings is 1. The van der Waals surface area contributed by atoms with E-state index in [1.807, 2.05) is 46.0 Å². The molecule has 0 bridgehead atoms. The molecular weight excluding hydrogens is 332 g/mol. The maximum absolute atomic E-state index is 12.3. The molecule has 3 rings (SSSR count). The molecule has 2 aromatic rings. The van der Waals surface area contributed by atoms with Crippen molar-refractivity contribution in [1.82, 2.24) is 30.0 Å². The number of hydrogen-bond donors (Lipinski definition) is 0. The molecule has 0 N–H and O–H groups in total.